The summed E-state index contributed by atoms with van der Waals surface area (Å²) in [7, 11) is 0. The molecule has 2 rings (SSSR count). The Morgan fingerprint density at radius 1 is 1.00 bits per heavy atom. The average Bonchev–Trinajstić information content (AvgIpc) is 2.65. The number of nitrogens with two attached hydrogens (primary N) is 1. The van der Waals surface area contributed by atoms with Gasteiger partial charge < -0.3 is 60.8 Å². The zero-order valence-corrected chi connectivity index (χ0v) is 15.0. The lowest BCUT2D eigenvalue weighted by Gasteiger charge is -2.52. The van der Waals surface area contributed by atoms with Crippen molar-refractivity contribution in [2.24, 2.45) is 11.7 Å². The monoisotopic (exact) mass is 413 g/mol. The number of hydrogen-bond donors (Lipinski definition) is 9. The van der Waals surface area contributed by atoms with Crippen LogP contribution in [0, 0.1) is 5.92 Å². The molecular weight excluding hydrogens is 386 g/mol. The van der Waals surface area contributed by atoms with Crippen molar-refractivity contribution in [2.45, 2.75) is 74.4 Å². The molecule has 164 valence electrons. The first-order valence-electron chi connectivity index (χ1n) is 8.67. The number of ether oxygens (including phenoxy) is 3. The van der Waals surface area contributed by atoms with Crippen molar-refractivity contribution < 1.29 is 59.9 Å². The molecule has 1 amide bonds. The molecule has 2 heterocycles. The summed E-state index contributed by atoms with van der Waals surface area (Å²) in [5.41, 5.74) is 3.19. The maximum atomic E-state index is 11.9. The van der Waals surface area contributed by atoms with Crippen LogP contribution in [0.4, 0.5) is 0 Å². The molecule has 0 bridgehead atoms. The highest BCUT2D eigenvalue weighted by molar-refractivity contribution is 5.78. The highest BCUT2D eigenvalue weighted by atomic mass is 16.8. The molecule has 13 heteroatoms. The molecule has 2 fully saturated rings. The highest BCUT2D eigenvalue weighted by Gasteiger charge is 2.60. The number of aliphatic hydroxyl groups excluding tert-OH is 8. The van der Waals surface area contributed by atoms with E-state index in [4.69, 9.17) is 19.9 Å². The first-order chi connectivity index (χ1) is 13.0. The molecule has 0 aromatic rings. The van der Waals surface area contributed by atoms with Crippen LogP contribution in [0.5, 0.6) is 0 Å². The van der Waals surface area contributed by atoms with E-state index in [9.17, 15) is 45.6 Å². The Bertz CT molecular complexity index is 551. The first-order valence-corrected chi connectivity index (χ1v) is 8.67. The fourth-order valence-corrected chi connectivity index (χ4v) is 3.59. The number of carbonyl (C=O) groups is 1. The number of amides is 1. The second-order valence-electron chi connectivity index (χ2n) is 6.89. The molecule has 0 aliphatic carbocycles. The Labute approximate surface area is 159 Å². The summed E-state index contributed by atoms with van der Waals surface area (Å²) in [6.07, 6.45) is -17.2. The fraction of sp³-hybridized carbons (Fsp3) is 0.933. The maximum absolute atomic E-state index is 11.9. The predicted octanol–water partition coefficient (Wildman–Crippen LogP) is -5.56. The van der Waals surface area contributed by atoms with Crippen LogP contribution >= 0.6 is 0 Å². The van der Waals surface area contributed by atoms with Gasteiger partial charge in [0.1, 0.15) is 42.2 Å². The lowest BCUT2D eigenvalue weighted by Crippen LogP contribution is -2.72. The predicted molar refractivity (Wildman–Crippen MR) is 85.7 cm³/mol. The van der Waals surface area contributed by atoms with Crippen LogP contribution in [-0.2, 0) is 19.0 Å². The van der Waals surface area contributed by atoms with Gasteiger partial charge in [0, 0.05) is 0 Å². The summed E-state index contributed by atoms with van der Waals surface area (Å²) < 4.78 is 15.5. The van der Waals surface area contributed by atoms with Crippen molar-refractivity contribution in [3.8, 4) is 0 Å². The summed E-state index contributed by atoms with van der Waals surface area (Å²) in [4.78, 5) is 11.9. The van der Waals surface area contributed by atoms with Crippen molar-refractivity contribution in [2.75, 3.05) is 6.61 Å². The normalized spacial score (nSPS) is 48.2. The summed E-state index contributed by atoms with van der Waals surface area (Å²) in [5, 5.41) is 79.2. The Morgan fingerprint density at radius 3 is 2.07 bits per heavy atom. The summed E-state index contributed by atoms with van der Waals surface area (Å²) in [6, 6.07) is 0. The van der Waals surface area contributed by atoms with E-state index in [1.165, 1.54) is 6.92 Å². The van der Waals surface area contributed by atoms with Gasteiger partial charge in [-0.3, -0.25) is 4.79 Å². The number of rotatable bonds is 6. The summed E-state index contributed by atoms with van der Waals surface area (Å²) in [5.74, 6) is -2.29. The van der Waals surface area contributed by atoms with E-state index in [1.54, 1.807) is 0 Å². The minimum Gasteiger partial charge on any atom is -0.393 e. The van der Waals surface area contributed by atoms with Crippen LogP contribution in [0.3, 0.4) is 0 Å². The van der Waals surface area contributed by atoms with Gasteiger partial charge in [0.05, 0.1) is 12.5 Å². The molecule has 13 nitrogen and oxygen atoms in total. The molecule has 1 unspecified atom stereocenters. The van der Waals surface area contributed by atoms with Gasteiger partial charge in [-0.1, -0.05) is 6.92 Å². The summed E-state index contributed by atoms with van der Waals surface area (Å²) in [6.45, 7) is 0.503. The summed E-state index contributed by atoms with van der Waals surface area (Å²) >= 11 is 0. The minimum absolute atomic E-state index is 0.0245. The number of primary amides is 1. The fourth-order valence-electron chi connectivity index (χ4n) is 3.59. The largest absolute Gasteiger partial charge is 0.393 e. The first kappa shape index (κ1) is 23.3. The van der Waals surface area contributed by atoms with Crippen LogP contribution in [0.1, 0.15) is 13.3 Å². The second kappa shape index (κ2) is 8.81. The van der Waals surface area contributed by atoms with Crippen molar-refractivity contribution in [3.63, 3.8) is 0 Å². The molecule has 10 N–H and O–H groups in total. The standard InChI is InChI=1S/C15H27NO12/c1-2-4(11(16)23)15(3-17)10(6(19)8(21)13(25)28-15)26-14-9(22)5(18)7(20)12(24)27-14/h4-10,12-14,17-22,24-25H,2-3H2,1H3,(H2,16,23)/t4?,5-,6-,7-,8+,9+,10-,12-,13+,14+,15-/m0/s1. The molecule has 0 aromatic carbocycles. The lowest BCUT2D eigenvalue weighted by molar-refractivity contribution is -0.396. The molecule has 11 atom stereocenters. The third-order valence-corrected chi connectivity index (χ3v) is 5.19. The van der Waals surface area contributed by atoms with Gasteiger partial charge in [-0.25, -0.2) is 0 Å². The highest BCUT2D eigenvalue weighted by Crippen LogP contribution is 2.40. The van der Waals surface area contributed by atoms with E-state index in [2.05, 4.69) is 0 Å². The smallest absolute Gasteiger partial charge is 0.223 e. The van der Waals surface area contributed by atoms with E-state index >= 15 is 0 Å². The van der Waals surface area contributed by atoms with E-state index in [-0.39, 0.29) is 6.42 Å². The van der Waals surface area contributed by atoms with Crippen molar-refractivity contribution in [1.82, 2.24) is 0 Å². The van der Waals surface area contributed by atoms with Crippen LogP contribution in [0.2, 0.25) is 0 Å². The molecule has 0 aromatic heterocycles. The molecule has 2 aliphatic heterocycles. The van der Waals surface area contributed by atoms with Crippen LogP contribution in [0.25, 0.3) is 0 Å². The zero-order valence-electron chi connectivity index (χ0n) is 15.0. The number of aliphatic hydroxyl groups is 8. The number of hydrogen-bond acceptors (Lipinski definition) is 12. The third-order valence-electron chi connectivity index (χ3n) is 5.19. The third kappa shape index (κ3) is 3.88. The molecule has 2 saturated heterocycles. The molecule has 28 heavy (non-hydrogen) atoms. The Morgan fingerprint density at radius 2 is 1.57 bits per heavy atom. The van der Waals surface area contributed by atoms with Gasteiger partial charge >= 0.3 is 0 Å². The van der Waals surface area contributed by atoms with Crippen molar-refractivity contribution >= 4 is 5.91 Å². The Balaban J connectivity index is 2.41. The van der Waals surface area contributed by atoms with Gasteiger partial charge in [-0.05, 0) is 6.42 Å². The SMILES string of the molecule is CCC(C(N)=O)[C@]1(CO)O[C@@H](O)[C@H](O)[C@H](O)[C@@H]1O[C@@H]1O[C@H](O)[C@@H](O)[C@H](O)[C@H]1O. The van der Waals surface area contributed by atoms with E-state index < -0.39 is 79.5 Å². The minimum atomic E-state index is -2.16. The maximum Gasteiger partial charge on any atom is 0.223 e. The number of carbonyl (C=O) groups excluding carboxylic acids is 1. The van der Waals surface area contributed by atoms with Gasteiger partial charge in [-0.15, -0.1) is 0 Å². The van der Waals surface area contributed by atoms with Gasteiger partial charge in [0.25, 0.3) is 0 Å². The van der Waals surface area contributed by atoms with E-state index in [0.717, 1.165) is 0 Å². The van der Waals surface area contributed by atoms with Crippen LogP contribution in [0.15, 0.2) is 0 Å². The lowest BCUT2D eigenvalue weighted by atomic mass is 9.75. The average molecular weight is 413 g/mol. The Kier molecular flexibility index (Phi) is 7.33. The molecular formula is C15H27NO12. The van der Waals surface area contributed by atoms with Crippen molar-refractivity contribution in [1.29, 1.82) is 0 Å². The van der Waals surface area contributed by atoms with Crippen LogP contribution in [-0.4, -0.2) is 114 Å². The van der Waals surface area contributed by atoms with E-state index in [0.29, 0.717) is 0 Å². The van der Waals surface area contributed by atoms with Gasteiger partial charge in [0.2, 0.25) is 5.91 Å². The molecule has 0 spiro atoms. The quantitative estimate of drug-likeness (QED) is 0.198. The van der Waals surface area contributed by atoms with Crippen LogP contribution < -0.4 is 5.73 Å². The molecule has 2 aliphatic rings. The topological polar surface area (TPSA) is 233 Å². The molecule has 0 radical (unpaired) electrons. The van der Waals surface area contributed by atoms with Crippen molar-refractivity contribution in [3.05, 3.63) is 0 Å². The van der Waals surface area contributed by atoms with Gasteiger partial charge in [-0.2, -0.15) is 0 Å². The van der Waals surface area contributed by atoms with Gasteiger partial charge in [0.15, 0.2) is 18.9 Å². The second-order valence-corrected chi connectivity index (χ2v) is 6.89. The molecule has 0 saturated carbocycles. The Hall–Kier alpha value is -0.970. The van der Waals surface area contributed by atoms with E-state index in [1.807, 2.05) is 0 Å². The zero-order chi connectivity index (χ0) is 21.4.